The molecule has 0 saturated carbocycles. The van der Waals surface area contributed by atoms with Crippen LogP contribution in [0.3, 0.4) is 0 Å². The minimum absolute atomic E-state index is 0.385. The number of carbonyl (C=O) groups is 2. The van der Waals surface area contributed by atoms with Gasteiger partial charge >= 0.3 is 5.97 Å². The largest absolute Gasteiger partial charge is 0.421 e. The summed E-state index contributed by atoms with van der Waals surface area (Å²) in [7, 11) is 0. The molecule has 2 N–H and O–H groups in total. The maximum Gasteiger partial charge on any atom is 0.341 e. The van der Waals surface area contributed by atoms with Gasteiger partial charge in [0.25, 0.3) is 11.6 Å². The molecule has 0 saturated heterocycles. The zero-order chi connectivity index (χ0) is 20.3. The molecular weight excluding hydrogens is 432 g/mol. The monoisotopic (exact) mass is 450 g/mol. The van der Waals surface area contributed by atoms with E-state index in [9.17, 15) is 9.59 Å². The van der Waals surface area contributed by atoms with Crippen molar-refractivity contribution in [3.8, 4) is 0 Å². The highest BCUT2D eigenvalue weighted by molar-refractivity contribution is 9.10. The first-order chi connectivity index (χ1) is 14.1. The predicted molar refractivity (Wildman–Crippen MR) is 114 cm³/mol. The van der Waals surface area contributed by atoms with Crippen LogP contribution in [0.15, 0.2) is 83.3 Å². The summed E-state index contributed by atoms with van der Waals surface area (Å²) >= 11 is 3.40. The van der Waals surface area contributed by atoms with Crippen LogP contribution in [-0.2, 0) is 21.7 Å². The van der Waals surface area contributed by atoms with E-state index in [0.717, 1.165) is 10.0 Å². The maximum atomic E-state index is 13.3. The van der Waals surface area contributed by atoms with Gasteiger partial charge < -0.3 is 15.4 Å². The van der Waals surface area contributed by atoms with E-state index in [1.165, 1.54) is 0 Å². The van der Waals surface area contributed by atoms with E-state index in [2.05, 4.69) is 26.6 Å². The summed E-state index contributed by atoms with van der Waals surface area (Å²) in [4.78, 5) is 25.8. The molecule has 0 radical (unpaired) electrons. The number of esters is 1. The number of carbonyl (C=O) groups excluding carboxylic acids is 2. The lowest BCUT2D eigenvalue weighted by atomic mass is 9.98. The van der Waals surface area contributed by atoms with Gasteiger partial charge in [-0.25, -0.2) is 4.79 Å². The van der Waals surface area contributed by atoms with Crippen molar-refractivity contribution >= 4 is 33.5 Å². The molecule has 1 aliphatic heterocycles. The van der Waals surface area contributed by atoms with Crippen LogP contribution in [0.1, 0.15) is 21.5 Å². The molecule has 146 valence electrons. The number of fused-ring (bicyclic) bond motifs is 1. The summed E-state index contributed by atoms with van der Waals surface area (Å²) in [5, 5.41) is 6.06. The number of halogens is 1. The number of nitrogens with one attached hydrogen (secondary N) is 2. The van der Waals surface area contributed by atoms with Crippen molar-refractivity contribution in [1.29, 1.82) is 0 Å². The van der Waals surface area contributed by atoms with E-state index < -0.39 is 17.6 Å². The van der Waals surface area contributed by atoms with Crippen molar-refractivity contribution < 1.29 is 14.3 Å². The van der Waals surface area contributed by atoms with E-state index in [0.29, 0.717) is 29.8 Å². The fraction of sp³-hybridized carbons (Fsp3) is 0.130. The second-order valence-electron chi connectivity index (χ2n) is 6.74. The summed E-state index contributed by atoms with van der Waals surface area (Å²) < 4.78 is 6.55. The first kappa shape index (κ1) is 19.2. The molecule has 1 heterocycles. The van der Waals surface area contributed by atoms with Crippen LogP contribution >= 0.6 is 15.9 Å². The number of cyclic esters (lactones) is 1. The van der Waals surface area contributed by atoms with Crippen molar-refractivity contribution in [3.05, 3.63) is 100 Å². The molecule has 0 aliphatic carbocycles. The highest BCUT2D eigenvalue weighted by atomic mass is 79.9. The van der Waals surface area contributed by atoms with Crippen LogP contribution in [0.4, 0.5) is 5.69 Å². The Morgan fingerprint density at radius 1 is 0.931 bits per heavy atom. The molecule has 4 rings (SSSR count). The third-order valence-electron chi connectivity index (χ3n) is 4.80. The Morgan fingerprint density at radius 3 is 2.38 bits per heavy atom. The van der Waals surface area contributed by atoms with E-state index in [1.54, 1.807) is 24.3 Å². The maximum absolute atomic E-state index is 13.3. The van der Waals surface area contributed by atoms with Crippen molar-refractivity contribution in [1.82, 2.24) is 5.32 Å². The van der Waals surface area contributed by atoms with Gasteiger partial charge in [-0.15, -0.1) is 0 Å². The molecule has 1 aliphatic rings. The Bertz CT molecular complexity index is 1040. The third kappa shape index (κ3) is 3.89. The van der Waals surface area contributed by atoms with Gasteiger partial charge in [0.1, 0.15) is 0 Å². The van der Waals surface area contributed by atoms with Crippen molar-refractivity contribution in [2.45, 2.75) is 12.1 Å². The van der Waals surface area contributed by atoms with Gasteiger partial charge in [-0.3, -0.25) is 4.79 Å². The number of ether oxygens (including phenoxy) is 1. The number of hydrogen-bond acceptors (Lipinski definition) is 4. The van der Waals surface area contributed by atoms with Crippen LogP contribution in [0.25, 0.3) is 0 Å². The topological polar surface area (TPSA) is 67.4 Å². The van der Waals surface area contributed by atoms with Gasteiger partial charge in [0.05, 0.1) is 5.56 Å². The number of hydrogen-bond donors (Lipinski definition) is 2. The normalized spacial score (nSPS) is 17.3. The zero-order valence-electron chi connectivity index (χ0n) is 15.5. The molecular formula is C23H19BrN2O3. The van der Waals surface area contributed by atoms with Crippen molar-refractivity contribution in [3.63, 3.8) is 0 Å². The van der Waals surface area contributed by atoms with Gasteiger partial charge in [-0.1, -0.05) is 64.5 Å². The van der Waals surface area contributed by atoms with Gasteiger partial charge in [-0.05, 0) is 42.3 Å². The van der Waals surface area contributed by atoms with Crippen LogP contribution in [0, 0.1) is 0 Å². The van der Waals surface area contributed by atoms with Gasteiger partial charge in [0.15, 0.2) is 0 Å². The van der Waals surface area contributed by atoms with E-state index in [4.69, 9.17) is 4.74 Å². The highest BCUT2D eigenvalue weighted by Crippen LogP contribution is 2.37. The minimum atomic E-state index is -1.61. The zero-order valence-corrected chi connectivity index (χ0v) is 17.1. The second kappa shape index (κ2) is 8.09. The molecule has 0 spiro atoms. The Kier molecular flexibility index (Phi) is 5.36. The number of anilines is 1. The molecule has 3 aromatic rings. The second-order valence-corrected chi connectivity index (χ2v) is 7.66. The van der Waals surface area contributed by atoms with Crippen LogP contribution in [-0.4, -0.2) is 18.4 Å². The van der Waals surface area contributed by atoms with Crippen LogP contribution in [0.5, 0.6) is 0 Å². The number of amides is 1. The first-order valence-corrected chi connectivity index (χ1v) is 10.1. The van der Waals surface area contributed by atoms with Gasteiger partial charge in [0, 0.05) is 22.3 Å². The predicted octanol–water partition coefficient (Wildman–Crippen LogP) is 4.24. The van der Waals surface area contributed by atoms with Crippen LogP contribution in [0.2, 0.25) is 0 Å². The lowest BCUT2D eigenvalue weighted by Crippen LogP contribution is -2.50. The smallest absolute Gasteiger partial charge is 0.341 e. The molecule has 0 aromatic heterocycles. The van der Waals surface area contributed by atoms with Crippen molar-refractivity contribution in [2.24, 2.45) is 0 Å². The third-order valence-corrected chi connectivity index (χ3v) is 5.33. The molecule has 0 fully saturated rings. The Hall–Kier alpha value is -3.12. The SMILES string of the molecule is O=C1OC(Nc2ccc(Br)cc2)(C(=O)NCCc2ccccc2)c2ccccc21. The van der Waals surface area contributed by atoms with E-state index in [1.807, 2.05) is 54.6 Å². The molecule has 3 aromatic carbocycles. The summed E-state index contributed by atoms with van der Waals surface area (Å²) in [5.41, 5.74) is 1.06. The highest BCUT2D eigenvalue weighted by Gasteiger charge is 2.51. The summed E-state index contributed by atoms with van der Waals surface area (Å²) in [5.74, 6) is -0.932. The summed E-state index contributed by atoms with van der Waals surface area (Å²) in [6, 6.07) is 24.2. The van der Waals surface area contributed by atoms with Crippen molar-refractivity contribution in [2.75, 3.05) is 11.9 Å². The summed E-state index contributed by atoms with van der Waals surface area (Å²) in [6.45, 7) is 0.423. The average molecular weight is 451 g/mol. The Morgan fingerprint density at radius 2 is 1.62 bits per heavy atom. The molecule has 0 bridgehead atoms. The lowest BCUT2D eigenvalue weighted by molar-refractivity contribution is -0.137. The molecule has 6 heteroatoms. The molecule has 29 heavy (non-hydrogen) atoms. The van der Waals surface area contributed by atoms with E-state index in [-0.39, 0.29) is 0 Å². The van der Waals surface area contributed by atoms with Gasteiger partial charge in [-0.2, -0.15) is 0 Å². The molecule has 5 nitrogen and oxygen atoms in total. The number of rotatable bonds is 6. The van der Waals surface area contributed by atoms with Gasteiger partial charge in [0.2, 0.25) is 0 Å². The molecule has 1 atom stereocenters. The Balaban J connectivity index is 1.61. The molecule has 1 amide bonds. The quantitative estimate of drug-likeness (QED) is 0.551. The number of benzene rings is 3. The fourth-order valence-electron chi connectivity index (χ4n) is 3.36. The van der Waals surface area contributed by atoms with E-state index >= 15 is 0 Å². The summed E-state index contributed by atoms with van der Waals surface area (Å²) in [6.07, 6.45) is 0.677. The van der Waals surface area contributed by atoms with Crippen LogP contribution < -0.4 is 10.6 Å². The molecule has 1 unspecified atom stereocenters. The Labute approximate surface area is 177 Å². The average Bonchev–Trinajstić information content (AvgIpc) is 3.03. The fourth-order valence-corrected chi connectivity index (χ4v) is 3.63. The first-order valence-electron chi connectivity index (χ1n) is 9.27. The minimum Gasteiger partial charge on any atom is -0.421 e. The standard InChI is InChI=1S/C23H19BrN2O3/c24-17-10-12-18(13-11-17)26-23(20-9-5-4-8-19(20)21(27)29-23)22(28)25-15-14-16-6-2-1-3-7-16/h1-13,26H,14-15H2,(H,25,28). The lowest BCUT2D eigenvalue weighted by Gasteiger charge is -2.29.